The van der Waals surface area contributed by atoms with E-state index in [9.17, 15) is 96.5 Å². The zero-order valence-electron chi connectivity index (χ0n) is 61.7. The van der Waals surface area contributed by atoms with Crippen molar-refractivity contribution in [3.8, 4) is 0 Å². The second-order valence-corrected chi connectivity index (χ2v) is 32.6. The molecule has 4 saturated heterocycles. The number of aromatic amines is 2. The van der Waals surface area contributed by atoms with E-state index in [1.807, 2.05) is 0 Å². The van der Waals surface area contributed by atoms with Gasteiger partial charge in [0.25, 0.3) is 0 Å². The fourth-order valence-electron chi connectivity index (χ4n) is 12.0. The number of carboxylic acids is 1. The topological polar surface area (TPSA) is 646 Å². The molecule has 0 unspecified atom stereocenters. The molecule has 0 aliphatic carbocycles. The first-order valence-electron chi connectivity index (χ1n) is 35.7. The van der Waals surface area contributed by atoms with Gasteiger partial charge in [0.2, 0.25) is 100 Å². The first-order valence-corrected chi connectivity index (χ1v) is 40.7. The van der Waals surface area contributed by atoms with Crippen molar-refractivity contribution in [1.29, 1.82) is 0 Å². The molecule has 4 aliphatic heterocycles. The molecule has 6 heterocycles. The lowest BCUT2D eigenvalue weighted by Gasteiger charge is -2.31. The van der Waals surface area contributed by atoms with Gasteiger partial charge in [0.1, 0.15) is 90.6 Å². The number of fused-ring (bicyclic) bond motifs is 10. The smallest absolute Gasteiger partial charge is 0.303 e. The SMILES string of the molecule is CC(C)C[C@@H]1NC(=O)[C@H](CCC(=O)O)NC(=O)[C@@H]2CCCN2C(=O)[C@H](Cc2cnc[nH]2)NC(=O)[C@H](CC(N)=O)NC(=O)[C@H](C(C)C)NC(=O)[C@H](C)NC(=O)[C@@H]2CSSC[C@H](NC(=O)CN)C(=O)N[C@@H](CSSC[C@@H](C(N)=O)NC1=O)C(=O)N[C@@H](CO)C(=O)N[C@@H](Cc1cnc[nH]1)C(=O)N1CCC[C@H]1C(=O)N[C@@H](C)C(=O)N2. The predicted molar refractivity (Wildman–Crippen MR) is 401 cm³/mol. The number of carbonyl (C=O) groups is 18. The molecule has 46 heteroatoms. The quantitative estimate of drug-likeness (QED) is 0.0694. The van der Waals surface area contributed by atoms with Crippen molar-refractivity contribution in [2.45, 2.75) is 196 Å². The maximum Gasteiger partial charge on any atom is 0.303 e. The largest absolute Gasteiger partial charge is 0.481 e. The Hall–Kier alpha value is -9.80. The average molecular weight is 1640 g/mol. The number of nitrogens with one attached hydrogen (secondary N) is 15. The number of aliphatic hydroxyl groups excluding tert-OH is 1. The molecule has 4 fully saturated rings. The summed E-state index contributed by atoms with van der Waals surface area (Å²) in [5, 5.41) is 53.1. The van der Waals surface area contributed by atoms with Crippen LogP contribution in [-0.4, -0.2) is 286 Å². The second kappa shape index (κ2) is 43.7. The Balaban J connectivity index is 1.44. The van der Waals surface area contributed by atoms with Crippen molar-refractivity contribution in [2.75, 3.05) is 49.3 Å². The summed E-state index contributed by atoms with van der Waals surface area (Å²) in [7, 11) is 3.30. The van der Waals surface area contributed by atoms with Gasteiger partial charge in [0.15, 0.2) is 0 Å². The van der Waals surface area contributed by atoms with Gasteiger partial charge in [0.05, 0.1) is 32.2 Å². The van der Waals surface area contributed by atoms with Gasteiger partial charge in [-0.15, -0.1) is 0 Å². The molecular formula is C65H98N22O20S4. The van der Waals surface area contributed by atoms with Crippen LogP contribution in [-0.2, 0) is 99.1 Å². The molecule has 42 nitrogen and oxygen atoms in total. The first kappa shape index (κ1) is 90.1. The zero-order chi connectivity index (χ0) is 81.9. The van der Waals surface area contributed by atoms with Crippen molar-refractivity contribution in [2.24, 2.45) is 29.0 Å². The van der Waals surface area contributed by atoms with Crippen LogP contribution in [0.5, 0.6) is 0 Å². The summed E-state index contributed by atoms with van der Waals surface area (Å²) in [6.07, 6.45) is 2.82. The molecule has 0 aromatic carbocycles. The minimum Gasteiger partial charge on any atom is -0.481 e. The molecule has 23 N–H and O–H groups in total. The Bertz CT molecular complexity index is 3690. The summed E-state index contributed by atoms with van der Waals surface area (Å²) in [6.45, 7) is 6.94. The summed E-state index contributed by atoms with van der Waals surface area (Å²) in [4.78, 5) is 269. The fraction of sp³-hybridized carbons (Fsp3) is 0.631. The molecule has 17 amide bonds. The van der Waals surface area contributed by atoms with E-state index in [1.165, 1.54) is 52.7 Å². The number of nitrogens with zero attached hydrogens (tertiary/aromatic N) is 4. The number of H-pyrrole nitrogens is 2. The number of amides is 17. The van der Waals surface area contributed by atoms with Crippen LogP contribution < -0.4 is 86.3 Å². The predicted octanol–water partition coefficient (Wildman–Crippen LogP) is -8.09. The van der Waals surface area contributed by atoms with Gasteiger partial charge in [-0.25, -0.2) is 9.97 Å². The number of aliphatic carboxylic acids is 1. The normalized spacial score (nSPS) is 28.1. The molecule has 0 radical (unpaired) electrons. The number of imidazole rings is 2. The molecule has 0 saturated carbocycles. The highest BCUT2D eigenvalue weighted by Crippen LogP contribution is 2.27. The number of carboxylic acid groups (broad SMARTS) is 1. The molecule has 2 aromatic heterocycles. The third-order valence-electron chi connectivity index (χ3n) is 18.0. The lowest BCUT2D eigenvalue weighted by Crippen LogP contribution is -2.61. The molecule has 6 rings (SSSR count). The molecule has 612 valence electrons. The number of carbonyl (C=O) groups excluding carboxylic acids is 17. The monoisotopic (exact) mass is 1630 g/mol. The van der Waals surface area contributed by atoms with Crippen LogP contribution in [0.15, 0.2) is 25.0 Å². The highest BCUT2D eigenvalue weighted by Gasteiger charge is 2.44. The minimum absolute atomic E-state index is 0.0296. The zero-order valence-corrected chi connectivity index (χ0v) is 65.0. The van der Waals surface area contributed by atoms with E-state index in [0.717, 1.165) is 53.0 Å². The standard InChI is InChI=1S/C65H98N22O20S4/c1-29(2)15-36-55(97)82-41(51(68)93)23-108-110-26-44-60(102)81-40(22-88)57(99)80-39(17-34-21-70-28-72-34)65(107)86-13-7-9-45(86)61(103)74-31(5)52(94)83-43(25-111-109-24-42(59(101)84-44)75-48(90)19-66)58(100)73-32(6)53(95)85-50(30(3)4)63(105)78-37(18-47(67)89)56(98)79-38(16-33-20-69-27-71-33)64(106)87-14-8-10-46(87)62(104)76-35(54(96)77-36)11-12-49(91)92/h20-21,27-32,35-46,50,88H,7-19,22-26,66H2,1-6H3,(H2,67,89)(H2,68,93)(H,69,71)(H,70,72)(H,73,100)(H,74,103)(H,75,90)(H,76,104)(H,77,96)(H,78,105)(H,79,98)(H,80,99)(H,81,102)(H,82,97)(H,83,94)(H,84,101)(H,85,95)(H,91,92)/t31-,32-,35-,36-,37-,38-,39-,40-,41-,42-,43-,44-,45-,46-,50-/m0/s1. The van der Waals surface area contributed by atoms with Crippen LogP contribution in [0.4, 0.5) is 0 Å². The average Bonchev–Trinajstić information content (AvgIpc) is 1.73. The summed E-state index contributed by atoms with van der Waals surface area (Å²) >= 11 is 0. The lowest BCUT2D eigenvalue weighted by atomic mass is 10.0. The van der Waals surface area contributed by atoms with Gasteiger partial charge in [0, 0.05) is 79.1 Å². The highest BCUT2D eigenvalue weighted by molar-refractivity contribution is 8.77. The van der Waals surface area contributed by atoms with Crippen molar-refractivity contribution in [1.82, 2.24) is 98.9 Å². The van der Waals surface area contributed by atoms with Crippen molar-refractivity contribution < 1.29 is 96.5 Å². The summed E-state index contributed by atoms with van der Waals surface area (Å²) < 4.78 is 0. The molecule has 4 aliphatic rings. The Morgan fingerprint density at radius 3 is 1.48 bits per heavy atom. The maximum atomic E-state index is 14.9. The number of aliphatic hydroxyl groups is 1. The Morgan fingerprint density at radius 2 is 0.982 bits per heavy atom. The number of rotatable bonds is 16. The number of hydrogen-bond acceptors (Lipinski definition) is 26. The van der Waals surface area contributed by atoms with E-state index in [-0.39, 0.29) is 75.4 Å². The molecule has 111 heavy (non-hydrogen) atoms. The third kappa shape index (κ3) is 27.6. The molecule has 2 aromatic rings. The second-order valence-electron chi connectivity index (χ2n) is 27.5. The number of primary amides is 2. The van der Waals surface area contributed by atoms with E-state index in [0.29, 0.717) is 5.69 Å². The summed E-state index contributed by atoms with van der Waals surface area (Å²) in [6, 6.07) is -23.8. The molecule has 15 atom stereocenters. The number of aromatic nitrogens is 4. The van der Waals surface area contributed by atoms with Crippen LogP contribution in [0.3, 0.4) is 0 Å². The molecular weight excluding hydrogens is 1540 g/mol. The van der Waals surface area contributed by atoms with E-state index in [4.69, 9.17) is 17.2 Å². The van der Waals surface area contributed by atoms with Gasteiger partial charge < -0.3 is 116 Å². The maximum absolute atomic E-state index is 14.9. The van der Waals surface area contributed by atoms with Gasteiger partial charge in [-0.1, -0.05) is 70.9 Å². The lowest BCUT2D eigenvalue weighted by molar-refractivity contribution is -0.143. The van der Waals surface area contributed by atoms with Crippen molar-refractivity contribution in [3.63, 3.8) is 0 Å². The van der Waals surface area contributed by atoms with Crippen LogP contribution in [0, 0.1) is 11.8 Å². The summed E-state index contributed by atoms with van der Waals surface area (Å²) in [5.41, 5.74) is 17.7. The van der Waals surface area contributed by atoms with Gasteiger partial charge in [-0.3, -0.25) is 86.3 Å². The van der Waals surface area contributed by atoms with E-state index >= 15 is 0 Å². The molecule has 2 bridgehead atoms. The Labute approximate surface area is 652 Å². The van der Waals surface area contributed by atoms with E-state index in [2.05, 4.69) is 89.1 Å². The van der Waals surface area contributed by atoms with Crippen LogP contribution in [0.25, 0.3) is 0 Å². The van der Waals surface area contributed by atoms with Gasteiger partial charge in [-0.2, -0.15) is 0 Å². The van der Waals surface area contributed by atoms with Crippen molar-refractivity contribution in [3.05, 3.63) is 36.4 Å². The van der Waals surface area contributed by atoms with Crippen LogP contribution in [0.2, 0.25) is 0 Å². The Morgan fingerprint density at radius 1 is 0.532 bits per heavy atom. The first-order chi connectivity index (χ1) is 52.6. The Kier molecular flexibility index (Phi) is 35.5. The highest BCUT2D eigenvalue weighted by atomic mass is 33.1. The van der Waals surface area contributed by atoms with Gasteiger partial charge >= 0.3 is 5.97 Å². The fourth-order valence-corrected chi connectivity index (χ4v) is 16.6. The van der Waals surface area contributed by atoms with E-state index < -0.39 is 253 Å². The molecule has 0 spiro atoms. The number of nitrogens with two attached hydrogens (primary N) is 3. The van der Waals surface area contributed by atoms with E-state index in [1.54, 1.807) is 13.8 Å². The van der Waals surface area contributed by atoms with Crippen LogP contribution in [0.1, 0.15) is 104 Å². The summed E-state index contributed by atoms with van der Waals surface area (Å²) in [5.74, 6) is -21.5. The minimum atomic E-state index is -1.87. The van der Waals surface area contributed by atoms with Crippen LogP contribution >= 0.6 is 43.2 Å². The van der Waals surface area contributed by atoms with Gasteiger partial charge in [-0.05, 0) is 64.2 Å². The third-order valence-corrected chi connectivity index (χ3v) is 22.8. The number of hydrogen-bond donors (Lipinski definition) is 20. The van der Waals surface area contributed by atoms with Crippen molar-refractivity contribution >= 4 is 150 Å².